The van der Waals surface area contributed by atoms with E-state index >= 15 is 0 Å². The number of rotatable bonds is 7. The maximum absolute atomic E-state index is 12.1. The molecular formula is C25H40FN. The van der Waals surface area contributed by atoms with Gasteiger partial charge in [-0.1, -0.05) is 25.0 Å². The van der Waals surface area contributed by atoms with E-state index in [2.05, 4.69) is 12.1 Å². The third-order valence-electron chi connectivity index (χ3n) is 8.18. The lowest BCUT2D eigenvalue weighted by Gasteiger charge is -2.41. The zero-order valence-electron chi connectivity index (χ0n) is 17.3. The molecule has 0 N–H and O–H groups in total. The van der Waals surface area contributed by atoms with Crippen LogP contribution < -0.4 is 0 Å². The Balaban J connectivity index is 1.31. The first kappa shape index (κ1) is 20.9. The molecule has 0 aliphatic heterocycles. The van der Waals surface area contributed by atoms with Crippen molar-refractivity contribution in [3.63, 3.8) is 0 Å². The Hall–Kier alpha value is -0.840. The molecule has 0 heterocycles. The molecule has 3 rings (SSSR count). The predicted octanol–water partition coefficient (Wildman–Crippen LogP) is 7.63. The van der Waals surface area contributed by atoms with Crippen LogP contribution in [0, 0.1) is 46.8 Å². The van der Waals surface area contributed by atoms with Gasteiger partial charge in [-0.15, -0.1) is 0 Å². The summed E-state index contributed by atoms with van der Waals surface area (Å²) >= 11 is 0. The molecule has 0 bridgehead atoms. The fourth-order valence-electron chi connectivity index (χ4n) is 6.39. The zero-order valence-corrected chi connectivity index (χ0v) is 17.3. The second-order valence-electron chi connectivity index (χ2n) is 9.72. The van der Waals surface area contributed by atoms with Gasteiger partial charge in [-0.3, -0.25) is 4.39 Å². The Morgan fingerprint density at radius 2 is 1.11 bits per heavy atom. The molecule has 27 heavy (non-hydrogen) atoms. The zero-order chi connectivity index (χ0) is 18.9. The summed E-state index contributed by atoms with van der Waals surface area (Å²) in [5.74, 6) is 5.17. The molecule has 3 saturated carbocycles. The monoisotopic (exact) mass is 373 g/mol. The minimum atomic E-state index is -0.217. The number of nitrogens with zero attached hydrogens (tertiary/aromatic N) is 1. The minimum absolute atomic E-state index is 0.217. The molecule has 0 unspecified atom stereocenters. The summed E-state index contributed by atoms with van der Waals surface area (Å²) in [6.45, 7) is -0.217. The second-order valence-corrected chi connectivity index (χ2v) is 9.72. The van der Waals surface area contributed by atoms with E-state index in [1.165, 1.54) is 70.6 Å². The highest BCUT2D eigenvalue weighted by atomic mass is 19.1. The van der Waals surface area contributed by atoms with Crippen LogP contribution in [0.15, 0.2) is 12.2 Å². The Labute approximate surface area is 166 Å². The second kappa shape index (κ2) is 11.2. The van der Waals surface area contributed by atoms with E-state index in [1.54, 1.807) is 0 Å². The first-order chi connectivity index (χ1) is 13.3. The largest absolute Gasteiger partial charge is 0.251 e. The van der Waals surface area contributed by atoms with Crippen LogP contribution in [0.4, 0.5) is 4.39 Å². The van der Waals surface area contributed by atoms with Crippen LogP contribution in [0.1, 0.15) is 96.3 Å². The lowest BCUT2D eigenvalue weighted by Crippen LogP contribution is -2.29. The summed E-state index contributed by atoms with van der Waals surface area (Å²) < 4.78 is 12.1. The fraction of sp³-hybridized carbons (Fsp3) is 0.880. The summed E-state index contributed by atoms with van der Waals surface area (Å²) in [6.07, 6.45) is 23.9. The van der Waals surface area contributed by atoms with Gasteiger partial charge in [-0.05, 0) is 113 Å². The third-order valence-corrected chi connectivity index (χ3v) is 8.18. The summed E-state index contributed by atoms with van der Waals surface area (Å²) in [7, 11) is 0. The van der Waals surface area contributed by atoms with E-state index in [0.29, 0.717) is 12.3 Å². The normalized spacial score (nSPS) is 37.9. The predicted molar refractivity (Wildman–Crippen MR) is 111 cm³/mol. The number of halogens is 1. The number of hydrogen-bond acceptors (Lipinski definition) is 1. The van der Waals surface area contributed by atoms with Crippen molar-refractivity contribution in [3.05, 3.63) is 12.2 Å². The van der Waals surface area contributed by atoms with Gasteiger partial charge in [0.05, 0.1) is 12.7 Å². The van der Waals surface area contributed by atoms with Crippen molar-refractivity contribution in [1.29, 1.82) is 5.26 Å². The van der Waals surface area contributed by atoms with Gasteiger partial charge in [0.1, 0.15) is 0 Å². The Kier molecular flexibility index (Phi) is 8.69. The average Bonchev–Trinajstić information content (AvgIpc) is 2.74. The molecular weight excluding hydrogens is 333 g/mol. The van der Waals surface area contributed by atoms with Crippen molar-refractivity contribution >= 4 is 0 Å². The number of alkyl halides is 1. The Morgan fingerprint density at radius 1 is 0.667 bits per heavy atom. The van der Waals surface area contributed by atoms with E-state index in [-0.39, 0.29) is 6.67 Å². The molecule has 3 aliphatic carbocycles. The number of hydrogen-bond donors (Lipinski definition) is 0. The SMILES string of the molecule is N#CC1CCC(C2CCC(C3CCC(CCC=CCCF)CC3)CC2)CC1. The molecule has 152 valence electrons. The van der Waals surface area contributed by atoms with Gasteiger partial charge in [0.15, 0.2) is 0 Å². The fourth-order valence-corrected chi connectivity index (χ4v) is 6.39. The molecule has 0 atom stereocenters. The molecule has 2 heteroatoms. The van der Waals surface area contributed by atoms with E-state index in [9.17, 15) is 4.39 Å². The van der Waals surface area contributed by atoms with Crippen LogP contribution in [0.25, 0.3) is 0 Å². The van der Waals surface area contributed by atoms with Crippen LogP contribution in [0.3, 0.4) is 0 Å². The van der Waals surface area contributed by atoms with E-state index in [0.717, 1.165) is 48.9 Å². The highest BCUT2D eigenvalue weighted by Crippen LogP contribution is 2.46. The molecule has 0 radical (unpaired) electrons. The van der Waals surface area contributed by atoms with Crippen LogP contribution in [0.5, 0.6) is 0 Å². The van der Waals surface area contributed by atoms with Crippen LogP contribution in [-0.2, 0) is 0 Å². The molecule has 0 aromatic rings. The maximum atomic E-state index is 12.1. The Bertz CT molecular complexity index is 469. The first-order valence-electron chi connectivity index (χ1n) is 11.9. The molecule has 0 spiro atoms. The van der Waals surface area contributed by atoms with E-state index in [1.807, 2.05) is 6.08 Å². The van der Waals surface area contributed by atoms with Crippen molar-refractivity contribution in [3.8, 4) is 6.07 Å². The lowest BCUT2D eigenvalue weighted by molar-refractivity contribution is 0.108. The van der Waals surface area contributed by atoms with E-state index < -0.39 is 0 Å². The summed E-state index contributed by atoms with van der Waals surface area (Å²) in [6, 6.07) is 2.48. The first-order valence-corrected chi connectivity index (χ1v) is 11.9. The number of nitriles is 1. The Morgan fingerprint density at radius 3 is 1.59 bits per heavy atom. The summed E-state index contributed by atoms with van der Waals surface area (Å²) in [5.41, 5.74) is 0. The molecule has 1 nitrogen and oxygen atoms in total. The summed E-state index contributed by atoms with van der Waals surface area (Å²) in [4.78, 5) is 0. The molecule has 0 aromatic heterocycles. The highest BCUT2D eigenvalue weighted by molar-refractivity contribution is 4.91. The quantitative estimate of drug-likeness (QED) is 0.421. The molecule has 0 amide bonds. The smallest absolute Gasteiger partial charge is 0.0928 e. The van der Waals surface area contributed by atoms with Gasteiger partial charge in [0.25, 0.3) is 0 Å². The van der Waals surface area contributed by atoms with Gasteiger partial charge >= 0.3 is 0 Å². The minimum Gasteiger partial charge on any atom is -0.251 e. The van der Waals surface area contributed by atoms with Gasteiger partial charge in [0, 0.05) is 5.92 Å². The highest BCUT2D eigenvalue weighted by Gasteiger charge is 2.34. The standard InChI is InChI=1S/C25H40FN/c26-18-4-2-1-3-5-20-6-10-22(11-7-20)24-14-16-25(17-15-24)23-12-8-21(19-27)9-13-23/h1-2,20-25H,3-18H2. The van der Waals surface area contributed by atoms with Gasteiger partial charge in [0.2, 0.25) is 0 Å². The van der Waals surface area contributed by atoms with Crippen molar-refractivity contribution < 1.29 is 4.39 Å². The maximum Gasteiger partial charge on any atom is 0.0928 e. The van der Waals surface area contributed by atoms with Crippen molar-refractivity contribution in [2.24, 2.45) is 35.5 Å². The number of allylic oxidation sites excluding steroid dienone is 2. The topological polar surface area (TPSA) is 23.8 Å². The van der Waals surface area contributed by atoms with Crippen LogP contribution >= 0.6 is 0 Å². The molecule has 0 saturated heterocycles. The van der Waals surface area contributed by atoms with Crippen molar-refractivity contribution in [2.45, 2.75) is 96.3 Å². The molecule has 3 fully saturated rings. The van der Waals surface area contributed by atoms with Crippen LogP contribution in [0.2, 0.25) is 0 Å². The summed E-state index contributed by atoms with van der Waals surface area (Å²) in [5, 5.41) is 9.10. The van der Waals surface area contributed by atoms with Crippen molar-refractivity contribution in [2.75, 3.05) is 6.67 Å². The third kappa shape index (κ3) is 6.33. The van der Waals surface area contributed by atoms with Gasteiger partial charge in [-0.25, -0.2) is 0 Å². The van der Waals surface area contributed by atoms with Crippen molar-refractivity contribution in [1.82, 2.24) is 0 Å². The van der Waals surface area contributed by atoms with Gasteiger partial charge in [-0.2, -0.15) is 5.26 Å². The lowest BCUT2D eigenvalue weighted by atomic mass is 9.65. The molecule has 3 aliphatic rings. The average molecular weight is 374 g/mol. The molecule has 0 aromatic carbocycles. The van der Waals surface area contributed by atoms with E-state index in [4.69, 9.17) is 5.26 Å². The van der Waals surface area contributed by atoms with Gasteiger partial charge < -0.3 is 0 Å². The van der Waals surface area contributed by atoms with Crippen LogP contribution in [-0.4, -0.2) is 6.67 Å².